The van der Waals surface area contributed by atoms with Gasteiger partial charge < -0.3 is 9.64 Å². The van der Waals surface area contributed by atoms with E-state index in [2.05, 4.69) is 34.1 Å². The van der Waals surface area contributed by atoms with Gasteiger partial charge in [-0.25, -0.2) is 0 Å². The Balaban J connectivity index is 1.39. The molecule has 1 aliphatic carbocycles. The van der Waals surface area contributed by atoms with E-state index >= 15 is 0 Å². The van der Waals surface area contributed by atoms with Gasteiger partial charge in [-0.2, -0.15) is 13.2 Å². The van der Waals surface area contributed by atoms with Crippen LogP contribution in [0.3, 0.4) is 0 Å². The Labute approximate surface area is 234 Å². The van der Waals surface area contributed by atoms with Crippen molar-refractivity contribution in [1.29, 1.82) is 0 Å². The number of ether oxygens (including phenoxy) is 1. The number of hydrogen-bond donors (Lipinski definition) is 0. The lowest BCUT2D eigenvalue weighted by Crippen LogP contribution is -2.40. The maximum Gasteiger partial charge on any atom is 0.416 e. The molecule has 212 valence electrons. The molecule has 1 saturated heterocycles. The molecule has 4 nitrogen and oxygen atoms in total. The van der Waals surface area contributed by atoms with Gasteiger partial charge in [0.05, 0.1) is 12.7 Å². The molecule has 0 N–H and O–H groups in total. The molecule has 0 aromatic heterocycles. The van der Waals surface area contributed by atoms with Crippen molar-refractivity contribution in [2.45, 2.75) is 50.9 Å². The number of methoxy groups -OCH3 is 1. The van der Waals surface area contributed by atoms with E-state index in [1.165, 1.54) is 0 Å². The molecule has 7 heteroatoms. The van der Waals surface area contributed by atoms with Gasteiger partial charge >= 0.3 is 6.18 Å². The summed E-state index contributed by atoms with van der Waals surface area (Å²) < 4.78 is 44.7. The average Bonchev–Trinajstić information content (AvgIpc) is 3.63. The lowest BCUT2D eigenvalue weighted by Gasteiger charge is -2.31. The highest BCUT2D eigenvalue weighted by molar-refractivity contribution is 5.79. The molecule has 2 aliphatic rings. The molecule has 0 radical (unpaired) electrons. The molecule has 3 aromatic rings. The minimum Gasteiger partial charge on any atom is -0.497 e. The third-order valence-electron chi connectivity index (χ3n) is 8.41. The van der Waals surface area contributed by atoms with Crippen molar-refractivity contribution in [2.75, 3.05) is 26.7 Å². The molecule has 2 unspecified atom stereocenters. The predicted octanol–water partition coefficient (Wildman–Crippen LogP) is 7.15. The van der Waals surface area contributed by atoms with Crippen LogP contribution in [0.2, 0.25) is 0 Å². The highest BCUT2D eigenvalue weighted by atomic mass is 19.4. The van der Waals surface area contributed by atoms with Gasteiger partial charge in [-0.15, -0.1) is 0 Å². The van der Waals surface area contributed by atoms with Crippen LogP contribution in [0.15, 0.2) is 78.9 Å². The highest BCUT2D eigenvalue weighted by Crippen LogP contribution is 2.37. The minimum absolute atomic E-state index is 0.0867. The molecule has 2 atom stereocenters. The zero-order valence-electron chi connectivity index (χ0n) is 22.9. The Hall–Kier alpha value is -3.32. The number of likely N-dealkylation sites (tertiary alicyclic amines) is 1. The van der Waals surface area contributed by atoms with Crippen LogP contribution in [-0.4, -0.2) is 42.5 Å². The van der Waals surface area contributed by atoms with E-state index in [0.717, 1.165) is 73.3 Å². The first kappa shape index (κ1) is 28.2. The van der Waals surface area contributed by atoms with E-state index in [4.69, 9.17) is 4.74 Å². The van der Waals surface area contributed by atoms with Crippen molar-refractivity contribution in [2.24, 2.45) is 11.8 Å². The maximum atomic E-state index is 13.8. The fourth-order valence-electron chi connectivity index (χ4n) is 6.33. The second kappa shape index (κ2) is 12.5. The van der Waals surface area contributed by atoms with E-state index in [9.17, 15) is 18.0 Å². The number of nitrogens with zero attached hydrogens (tertiary/aromatic N) is 2. The van der Waals surface area contributed by atoms with E-state index in [0.29, 0.717) is 19.6 Å². The molecule has 3 aromatic carbocycles. The number of carbonyl (C=O) groups is 1. The van der Waals surface area contributed by atoms with Crippen molar-refractivity contribution in [3.63, 3.8) is 0 Å². The molecule has 2 fully saturated rings. The van der Waals surface area contributed by atoms with Gasteiger partial charge in [0, 0.05) is 44.6 Å². The Bertz CT molecular complexity index is 1260. The number of carbonyl (C=O) groups excluding carboxylic acids is 1. The molecule has 40 heavy (non-hydrogen) atoms. The van der Waals surface area contributed by atoms with Crippen molar-refractivity contribution in [1.82, 2.24) is 9.80 Å². The van der Waals surface area contributed by atoms with Gasteiger partial charge in [0.2, 0.25) is 5.91 Å². The standard InChI is InChI=1S/C33H37F3N2O2/c1-40-30-13-7-12-27(18-30)31-23-37(19-25-14-16-29(17-15-25)33(34,35)36)21-28(31)22-38(20-24-8-3-2-4-9-24)32(39)26-10-5-6-11-26/h2-4,7-9,12-18,26,28,31H,5-6,10-11,19-23H2,1H3. The Morgan fingerprint density at radius 1 is 0.925 bits per heavy atom. The van der Waals surface area contributed by atoms with Crippen molar-refractivity contribution in [3.8, 4) is 5.75 Å². The molecular formula is C33H37F3N2O2. The van der Waals surface area contributed by atoms with Crippen LogP contribution in [0.5, 0.6) is 5.75 Å². The van der Waals surface area contributed by atoms with Crippen LogP contribution >= 0.6 is 0 Å². The third kappa shape index (κ3) is 6.87. The molecule has 1 heterocycles. The van der Waals surface area contributed by atoms with Crippen LogP contribution in [0, 0.1) is 11.8 Å². The average molecular weight is 551 g/mol. The van der Waals surface area contributed by atoms with E-state index < -0.39 is 11.7 Å². The van der Waals surface area contributed by atoms with E-state index in [1.54, 1.807) is 19.2 Å². The normalized spacial score (nSPS) is 20.1. The van der Waals surface area contributed by atoms with Crippen LogP contribution < -0.4 is 4.74 Å². The largest absolute Gasteiger partial charge is 0.497 e. The number of alkyl halides is 3. The lowest BCUT2D eigenvalue weighted by atomic mass is 9.88. The van der Waals surface area contributed by atoms with Crippen LogP contribution in [0.4, 0.5) is 13.2 Å². The summed E-state index contributed by atoms with van der Waals surface area (Å²) in [4.78, 5) is 18.1. The fourth-order valence-corrected chi connectivity index (χ4v) is 6.33. The molecular weight excluding hydrogens is 513 g/mol. The second-order valence-electron chi connectivity index (χ2n) is 11.2. The monoisotopic (exact) mass is 550 g/mol. The first-order valence-corrected chi connectivity index (χ1v) is 14.2. The van der Waals surface area contributed by atoms with Crippen LogP contribution in [-0.2, 0) is 24.1 Å². The highest BCUT2D eigenvalue weighted by Gasteiger charge is 2.37. The van der Waals surface area contributed by atoms with Gasteiger partial charge in [0.25, 0.3) is 0 Å². The van der Waals surface area contributed by atoms with Gasteiger partial charge in [-0.3, -0.25) is 9.69 Å². The smallest absolute Gasteiger partial charge is 0.416 e. The second-order valence-corrected chi connectivity index (χ2v) is 11.2. The lowest BCUT2D eigenvalue weighted by molar-refractivity contribution is -0.138. The number of halogens is 3. The summed E-state index contributed by atoms with van der Waals surface area (Å²) >= 11 is 0. The number of hydrogen-bond acceptors (Lipinski definition) is 3. The Kier molecular flexibility index (Phi) is 8.79. The van der Waals surface area contributed by atoms with Gasteiger partial charge in [-0.05, 0) is 59.7 Å². The predicted molar refractivity (Wildman–Crippen MR) is 150 cm³/mol. The first-order chi connectivity index (χ1) is 19.3. The summed E-state index contributed by atoms with van der Waals surface area (Å²) in [6, 6.07) is 23.7. The number of amides is 1. The maximum absolute atomic E-state index is 13.8. The van der Waals surface area contributed by atoms with Crippen molar-refractivity contribution < 1.29 is 22.7 Å². The van der Waals surface area contributed by atoms with E-state index in [-0.39, 0.29) is 23.7 Å². The van der Waals surface area contributed by atoms with Gasteiger partial charge in [-0.1, -0.05) is 67.4 Å². The van der Waals surface area contributed by atoms with E-state index in [1.807, 2.05) is 30.3 Å². The van der Waals surface area contributed by atoms with Crippen LogP contribution in [0.25, 0.3) is 0 Å². The topological polar surface area (TPSA) is 32.8 Å². The summed E-state index contributed by atoms with van der Waals surface area (Å²) in [6.07, 6.45) is -0.232. The third-order valence-corrected chi connectivity index (χ3v) is 8.41. The van der Waals surface area contributed by atoms with Crippen molar-refractivity contribution >= 4 is 5.91 Å². The molecule has 1 amide bonds. The first-order valence-electron chi connectivity index (χ1n) is 14.2. The molecule has 1 saturated carbocycles. The summed E-state index contributed by atoms with van der Waals surface area (Å²) in [6.45, 7) is 3.29. The molecule has 0 bridgehead atoms. The fraction of sp³-hybridized carbons (Fsp3) is 0.424. The summed E-state index contributed by atoms with van der Waals surface area (Å²) in [5.74, 6) is 1.46. The molecule has 0 spiro atoms. The number of benzene rings is 3. The zero-order chi connectivity index (χ0) is 28.1. The Morgan fingerprint density at radius 3 is 2.33 bits per heavy atom. The van der Waals surface area contributed by atoms with Gasteiger partial charge in [0.1, 0.15) is 5.75 Å². The Morgan fingerprint density at radius 2 is 1.65 bits per heavy atom. The molecule has 5 rings (SSSR count). The summed E-state index contributed by atoms with van der Waals surface area (Å²) in [7, 11) is 1.66. The van der Waals surface area contributed by atoms with Gasteiger partial charge in [0.15, 0.2) is 0 Å². The quantitative estimate of drug-likeness (QED) is 0.284. The van der Waals surface area contributed by atoms with Crippen molar-refractivity contribution in [3.05, 3.63) is 101 Å². The summed E-state index contributed by atoms with van der Waals surface area (Å²) in [5.41, 5.74) is 2.49. The van der Waals surface area contributed by atoms with Crippen LogP contribution in [0.1, 0.15) is 53.9 Å². The SMILES string of the molecule is COc1cccc(C2CN(Cc3ccc(C(F)(F)F)cc3)CC2CN(Cc2ccccc2)C(=O)C2CCCC2)c1. The minimum atomic E-state index is -4.34. The summed E-state index contributed by atoms with van der Waals surface area (Å²) in [5, 5.41) is 0. The molecule has 1 aliphatic heterocycles. The number of rotatable bonds is 9. The zero-order valence-corrected chi connectivity index (χ0v) is 22.9.